The lowest BCUT2D eigenvalue weighted by atomic mass is 10.0. The fourth-order valence-corrected chi connectivity index (χ4v) is 3.89. The van der Waals surface area contributed by atoms with Crippen molar-refractivity contribution in [2.24, 2.45) is 0 Å². The first-order valence-electron chi connectivity index (χ1n) is 10.0. The maximum absolute atomic E-state index is 10.6. The van der Waals surface area contributed by atoms with Crippen LogP contribution in [0.3, 0.4) is 0 Å². The number of halogens is 3. The number of likely N-dealkylation sites (tertiary alicyclic amines) is 1. The van der Waals surface area contributed by atoms with E-state index in [0.29, 0.717) is 6.04 Å². The molecule has 0 radical (unpaired) electrons. The van der Waals surface area contributed by atoms with Crippen LogP contribution >= 0.6 is 11.3 Å². The van der Waals surface area contributed by atoms with Crippen LogP contribution < -0.4 is 0 Å². The van der Waals surface area contributed by atoms with Gasteiger partial charge >= 0.3 is 12.1 Å². The van der Waals surface area contributed by atoms with Crippen LogP contribution in [0.25, 0.3) is 11.3 Å². The summed E-state index contributed by atoms with van der Waals surface area (Å²) in [4.78, 5) is 20.2. The van der Waals surface area contributed by atoms with E-state index in [4.69, 9.17) is 9.90 Å². The first-order chi connectivity index (χ1) is 15.3. The predicted molar refractivity (Wildman–Crippen MR) is 112 cm³/mol. The van der Waals surface area contributed by atoms with Gasteiger partial charge in [0.25, 0.3) is 0 Å². The third-order valence-corrected chi connectivity index (χ3v) is 5.67. The summed E-state index contributed by atoms with van der Waals surface area (Å²) >= 11 is 1.69. The number of thiophene rings is 1. The molecule has 0 aliphatic carbocycles. The summed E-state index contributed by atoms with van der Waals surface area (Å²) in [5.41, 5.74) is 3.32. The highest BCUT2D eigenvalue weighted by Gasteiger charge is 2.38. The SMILES string of the molecule is CCc1ncc(CN2CCC(n3cc(-c4ccsc4)nn3)CC2)cn1.O=C(O)C(F)(F)F. The van der Waals surface area contributed by atoms with E-state index in [2.05, 4.69) is 55.1 Å². The Morgan fingerprint density at radius 3 is 2.44 bits per heavy atom. The number of piperidine rings is 1. The van der Waals surface area contributed by atoms with Gasteiger partial charge in [0, 0.05) is 55.0 Å². The molecule has 1 aliphatic rings. The standard InChI is InChI=1S/C18H22N6S.C2HF3O2/c1-2-18-19-9-14(10-20-18)11-23-6-3-16(4-7-23)24-12-17(21-22-24)15-5-8-25-13-15;3-2(4,5)1(6)7/h5,8-10,12-13,16H,2-4,6-7,11H2,1H3;(H,6,7). The maximum Gasteiger partial charge on any atom is 0.490 e. The van der Waals surface area contributed by atoms with Crippen LogP contribution in [-0.2, 0) is 17.8 Å². The summed E-state index contributed by atoms with van der Waals surface area (Å²) < 4.78 is 33.8. The van der Waals surface area contributed by atoms with E-state index in [1.165, 1.54) is 5.56 Å². The zero-order valence-corrected chi connectivity index (χ0v) is 18.2. The number of aryl methyl sites for hydroxylation is 1. The molecule has 0 spiro atoms. The minimum Gasteiger partial charge on any atom is -0.475 e. The molecule has 0 aromatic carbocycles. The van der Waals surface area contributed by atoms with Gasteiger partial charge in [-0.3, -0.25) is 4.90 Å². The van der Waals surface area contributed by atoms with Gasteiger partial charge in [0.1, 0.15) is 11.5 Å². The van der Waals surface area contributed by atoms with Gasteiger partial charge in [-0.1, -0.05) is 12.1 Å². The van der Waals surface area contributed by atoms with Gasteiger partial charge < -0.3 is 5.11 Å². The molecule has 0 unspecified atom stereocenters. The van der Waals surface area contributed by atoms with E-state index in [1.54, 1.807) is 11.3 Å². The normalized spacial score (nSPS) is 15.2. The van der Waals surface area contributed by atoms with Crippen LogP contribution in [0, 0.1) is 0 Å². The molecule has 32 heavy (non-hydrogen) atoms. The quantitative estimate of drug-likeness (QED) is 0.608. The van der Waals surface area contributed by atoms with Gasteiger partial charge in [0.05, 0.1) is 12.2 Å². The highest BCUT2D eigenvalue weighted by molar-refractivity contribution is 7.08. The lowest BCUT2D eigenvalue weighted by molar-refractivity contribution is -0.192. The lowest BCUT2D eigenvalue weighted by Gasteiger charge is -2.31. The zero-order valence-electron chi connectivity index (χ0n) is 17.4. The average Bonchev–Trinajstić information content (AvgIpc) is 3.47. The minimum absolute atomic E-state index is 0.440. The Bertz CT molecular complexity index is 984. The number of aliphatic carboxylic acids is 1. The van der Waals surface area contributed by atoms with Crippen LogP contribution in [0.5, 0.6) is 0 Å². The predicted octanol–water partition coefficient (Wildman–Crippen LogP) is 3.83. The molecule has 8 nitrogen and oxygen atoms in total. The van der Waals surface area contributed by atoms with Crippen molar-refractivity contribution in [2.75, 3.05) is 13.1 Å². The molecule has 12 heteroatoms. The smallest absolute Gasteiger partial charge is 0.475 e. The molecule has 1 aliphatic heterocycles. The average molecular weight is 469 g/mol. The number of rotatable bonds is 5. The Labute approximate surface area is 186 Å². The molecule has 0 amide bonds. The molecular weight excluding hydrogens is 445 g/mol. The van der Waals surface area contributed by atoms with Crippen molar-refractivity contribution in [3.8, 4) is 11.3 Å². The molecule has 0 atom stereocenters. The Hall–Kier alpha value is -2.86. The van der Waals surface area contributed by atoms with Crippen molar-refractivity contribution in [2.45, 2.75) is 44.9 Å². The van der Waals surface area contributed by atoms with Crippen LogP contribution in [0.15, 0.2) is 35.4 Å². The molecule has 1 saturated heterocycles. The van der Waals surface area contributed by atoms with Crippen LogP contribution in [0.2, 0.25) is 0 Å². The summed E-state index contributed by atoms with van der Waals surface area (Å²) in [7, 11) is 0. The molecule has 3 aromatic rings. The molecular formula is C20H23F3N6O2S. The Morgan fingerprint density at radius 2 is 1.91 bits per heavy atom. The van der Waals surface area contributed by atoms with Gasteiger partial charge in [-0.15, -0.1) is 5.10 Å². The number of nitrogens with zero attached hydrogens (tertiary/aromatic N) is 6. The van der Waals surface area contributed by atoms with Crippen molar-refractivity contribution in [1.82, 2.24) is 29.9 Å². The van der Waals surface area contributed by atoms with Gasteiger partial charge in [0.15, 0.2) is 0 Å². The monoisotopic (exact) mass is 468 g/mol. The molecule has 4 heterocycles. The summed E-state index contributed by atoms with van der Waals surface area (Å²) in [6, 6.07) is 2.53. The Morgan fingerprint density at radius 1 is 1.25 bits per heavy atom. The summed E-state index contributed by atoms with van der Waals surface area (Å²) in [6.07, 6.45) is 4.00. The molecule has 4 rings (SSSR count). The Kier molecular flexibility index (Phi) is 7.91. The first-order valence-corrected chi connectivity index (χ1v) is 11.0. The number of hydrogen-bond acceptors (Lipinski definition) is 7. The van der Waals surface area contributed by atoms with Gasteiger partial charge in [-0.25, -0.2) is 19.4 Å². The van der Waals surface area contributed by atoms with Crippen molar-refractivity contribution in [1.29, 1.82) is 0 Å². The van der Waals surface area contributed by atoms with E-state index < -0.39 is 12.1 Å². The first kappa shape index (κ1) is 23.8. The highest BCUT2D eigenvalue weighted by Crippen LogP contribution is 2.25. The van der Waals surface area contributed by atoms with Crippen molar-refractivity contribution in [3.05, 3.63) is 46.8 Å². The van der Waals surface area contributed by atoms with E-state index in [0.717, 1.165) is 56.0 Å². The van der Waals surface area contributed by atoms with Crippen molar-refractivity contribution in [3.63, 3.8) is 0 Å². The third-order valence-electron chi connectivity index (χ3n) is 4.98. The minimum atomic E-state index is -5.08. The number of carboxylic acids is 1. The van der Waals surface area contributed by atoms with Crippen molar-refractivity contribution < 1.29 is 23.1 Å². The molecule has 0 saturated carbocycles. The molecule has 1 fully saturated rings. The summed E-state index contributed by atoms with van der Waals surface area (Å²) in [5.74, 6) is -1.84. The van der Waals surface area contributed by atoms with Gasteiger partial charge in [-0.05, 0) is 24.3 Å². The third kappa shape index (κ3) is 6.57. The second-order valence-electron chi connectivity index (χ2n) is 7.27. The number of carboxylic acid groups (broad SMARTS) is 1. The number of aromatic nitrogens is 5. The molecule has 0 bridgehead atoms. The summed E-state index contributed by atoms with van der Waals surface area (Å²) in [6.45, 7) is 5.13. The highest BCUT2D eigenvalue weighted by atomic mass is 32.1. The second-order valence-corrected chi connectivity index (χ2v) is 8.05. The largest absolute Gasteiger partial charge is 0.490 e. The second kappa shape index (κ2) is 10.6. The molecule has 3 aromatic heterocycles. The maximum atomic E-state index is 10.6. The zero-order chi connectivity index (χ0) is 23.1. The van der Waals surface area contributed by atoms with Gasteiger partial charge in [0.2, 0.25) is 0 Å². The number of hydrogen-bond donors (Lipinski definition) is 1. The van der Waals surface area contributed by atoms with Crippen LogP contribution in [0.1, 0.15) is 37.2 Å². The van der Waals surface area contributed by atoms with E-state index in [-0.39, 0.29) is 0 Å². The molecule has 1 N–H and O–H groups in total. The fourth-order valence-electron chi connectivity index (χ4n) is 3.24. The van der Waals surface area contributed by atoms with E-state index >= 15 is 0 Å². The topological polar surface area (TPSA) is 97.0 Å². The van der Waals surface area contributed by atoms with Crippen LogP contribution in [-0.4, -0.2) is 60.2 Å². The fraction of sp³-hybridized carbons (Fsp3) is 0.450. The Balaban J connectivity index is 0.000000360. The van der Waals surface area contributed by atoms with Crippen molar-refractivity contribution >= 4 is 17.3 Å². The summed E-state index contributed by atoms with van der Waals surface area (Å²) in [5, 5.41) is 20.0. The van der Waals surface area contributed by atoms with Crippen LogP contribution in [0.4, 0.5) is 13.2 Å². The van der Waals surface area contributed by atoms with E-state index in [9.17, 15) is 13.2 Å². The number of carbonyl (C=O) groups is 1. The lowest BCUT2D eigenvalue weighted by Crippen LogP contribution is -2.34. The molecule has 172 valence electrons. The van der Waals surface area contributed by atoms with E-state index in [1.807, 2.05) is 17.1 Å². The van der Waals surface area contributed by atoms with Gasteiger partial charge in [-0.2, -0.15) is 24.5 Å². The number of alkyl halides is 3.